The van der Waals surface area contributed by atoms with Gasteiger partial charge in [-0.3, -0.25) is 9.59 Å². The number of nitrogens with zero attached hydrogens (tertiary/aromatic N) is 1. The maximum atomic E-state index is 13.0. The van der Waals surface area contributed by atoms with Gasteiger partial charge in [-0.2, -0.15) is 0 Å². The number of anilines is 1. The number of amides is 2. The number of benzene rings is 3. The highest BCUT2D eigenvalue weighted by Crippen LogP contribution is 2.29. The van der Waals surface area contributed by atoms with Gasteiger partial charge in [0.15, 0.2) is 6.61 Å². The van der Waals surface area contributed by atoms with Gasteiger partial charge in [0.2, 0.25) is 0 Å². The van der Waals surface area contributed by atoms with Crippen LogP contribution in [0.25, 0.3) is 0 Å². The van der Waals surface area contributed by atoms with Gasteiger partial charge in [0.1, 0.15) is 11.5 Å². The van der Waals surface area contributed by atoms with E-state index in [-0.39, 0.29) is 30.0 Å². The van der Waals surface area contributed by atoms with Crippen molar-refractivity contribution in [3.63, 3.8) is 0 Å². The van der Waals surface area contributed by atoms with Gasteiger partial charge >= 0.3 is 0 Å². The van der Waals surface area contributed by atoms with E-state index in [1.165, 1.54) is 6.07 Å². The van der Waals surface area contributed by atoms with Gasteiger partial charge in [0, 0.05) is 23.3 Å². The van der Waals surface area contributed by atoms with Crippen LogP contribution in [-0.4, -0.2) is 36.5 Å². The third-order valence-corrected chi connectivity index (χ3v) is 5.62. The average Bonchev–Trinajstić information content (AvgIpc) is 3.68. The zero-order valence-electron chi connectivity index (χ0n) is 18.3. The Morgan fingerprint density at radius 3 is 2.42 bits per heavy atom. The Labute approximate surface area is 198 Å². The van der Waals surface area contributed by atoms with Crippen molar-refractivity contribution < 1.29 is 19.1 Å². The summed E-state index contributed by atoms with van der Waals surface area (Å²) in [4.78, 5) is 27.7. The number of nitrogens with one attached hydrogen (secondary N) is 1. The first kappa shape index (κ1) is 22.7. The summed E-state index contributed by atoms with van der Waals surface area (Å²) in [6, 6.07) is 21.8. The van der Waals surface area contributed by atoms with Crippen molar-refractivity contribution in [2.24, 2.45) is 0 Å². The fourth-order valence-corrected chi connectivity index (χ4v) is 3.65. The number of carbonyl (C=O) groups excluding carboxylic acids is 2. The summed E-state index contributed by atoms with van der Waals surface area (Å²) < 4.78 is 11.0. The van der Waals surface area contributed by atoms with Crippen molar-refractivity contribution >= 4 is 29.1 Å². The van der Waals surface area contributed by atoms with Crippen molar-refractivity contribution in [2.75, 3.05) is 19.0 Å². The molecule has 3 aromatic carbocycles. The number of para-hydroxylation sites is 1. The van der Waals surface area contributed by atoms with Gasteiger partial charge in [-0.15, -0.1) is 0 Å². The minimum Gasteiger partial charge on any atom is -0.497 e. The Balaban J connectivity index is 1.43. The second kappa shape index (κ2) is 10.4. The maximum absolute atomic E-state index is 13.0. The van der Waals surface area contributed by atoms with E-state index in [4.69, 9.17) is 21.1 Å². The normalized spacial score (nSPS) is 12.7. The Bertz CT molecular complexity index is 1110. The lowest BCUT2D eigenvalue weighted by atomic mass is 10.1. The van der Waals surface area contributed by atoms with Crippen LogP contribution >= 0.6 is 11.6 Å². The fraction of sp³-hybridized carbons (Fsp3) is 0.231. The minimum absolute atomic E-state index is 0.127. The van der Waals surface area contributed by atoms with E-state index in [0.29, 0.717) is 23.0 Å². The van der Waals surface area contributed by atoms with Crippen molar-refractivity contribution in [1.82, 2.24) is 4.90 Å². The monoisotopic (exact) mass is 464 g/mol. The van der Waals surface area contributed by atoms with Crippen molar-refractivity contribution in [1.29, 1.82) is 0 Å². The molecule has 0 unspecified atom stereocenters. The quantitative estimate of drug-likeness (QED) is 0.474. The number of methoxy groups -OCH3 is 1. The molecule has 3 aromatic rings. The summed E-state index contributed by atoms with van der Waals surface area (Å²) in [5, 5.41) is 3.23. The van der Waals surface area contributed by atoms with Crippen LogP contribution in [0.4, 0.5) is 5.69 Å². The van der Waals surface area contributed by atoms with Crippen LogP contribution in [0.1, 0.15) is 28.8 Å². The first-order valence-electron chi connectivity index (χ1n) is 10.7. The number of halogens is 1. The largest absolute Gasteiger partial charge is 0.497 e. The molecule has 0 saturated heterocycles. The van der Waals surface area contributed by atoms with Gasteiger partial charge in [-0.1, -0.05) is 41.9 Å². The highest BCUT2D eigenvalue weighted by atomic mass is 35.5. The molecular formula is C26H25ClN2O4. The third kappa shape index (κ3) is 6.05. The lowest BCUT2D eigenvalue weighted by Gasteiger charge is -2.23. The Kier molecular flexibility index (Phi) is 7.15. The third-order valence-electron chi connectivity index (χ3n) is 5.39. The Hall–Kier alpha value is -3.51. The molecule has 2 amide bonds. The van der Waals surface area contributed by atoms with Crippen LogP contribution in [0, 0.1) is 0 Å². The lowest BCUT2D eigenvalue weighted by molar-refractivity contribution is -0.134. The van der Waals surface area contributed by atoms with Gasteiger partial charge in [0.05, 0.1) is 12.7 Å². The molecule has 1 N–H and O–H groups in total. The number of carbonyl (C=O) groups is 2. The Morgan fingerprint density at radius 1 is 1.03 bits per heavy atom. The fourth-order valence-electron chi connectivity index (χ4n) is 3.48. The average molecular weight is 465 g/mol. The molecular weight excluding hydrogens is 440 g/mol. The van der Waals surface area contributed by atoms with Gasteiger partial charge < -0.3 is 19.7 Å². The van der Waals surface area contributed by atoms with Crippen LogP contribution in [0.2, 0.25) is 5.02 Å². The number of hydrogen-bond donors (Lipinski definition) is 1. The molecule has 6 nitrogen and oxygen atoms in total. The molecule has 33 heavy (non-hydrogen) atoms. The zero-order valence-corrected chi connectivity index (χ0v) is 19.0. The molecule has 0 aliphatic heterocycles. The number of ether oxygens (including phenoxy) is 2. The zero-order chi connectivity index (χ0) is 23.2. The summed E-state index contributed by atoms with van der Waals surface area (Å²) in [5.74, 6) is 0.595. The van der Waals surface area contributed by atoms with E-state index in [1.807, 2.05) is 47.4 Å². The highest BCUT2D eigenvalue weighted by molar-refractivity contribution is 6.31. The minimum atomic E-state index is -0.358. The molecule has 0 bridgehead atoms. The number of hydrogen-bond acceptors (Lipinski definition) is 4. The topological polar surface area (TPSA) is 67.9 Å². The van der Waals surface area contributed by atoms with E-state index < -0.39 is 0 Å². The summed E-state index contributed by atoms with van der Waals surface area (Å²) in [6.45, 7) is 0.332. The second-order valence-electron chi connectivity index (χ2n) is 7.85. The molecule has 0 aromatic heterocycles. The van der Waals surface area contributed by atoms with Gasteiger partial charge in [0.25, 0.3) is 11.8 Å². The van der Waals surface area contributed by atoms with E-state index in [0.717, 1.165) is 24.2 Å². The molecule has 170 valence electrons. The molecule has 0 radical (unpaired) electrons. The van der Waals surface area contributed by atoms with E-state index >= 15 is 0 Å². The van der Waals surface area contributed by atoms with E-state index in [2.05, 4.69) is 5.32 Å². The van der Waals surface area contributed by atoms with Crippen LogP contribution in [0.3, 0.4) is 0 Å². The van der Waals surface area contributed by atoms with Crippen molar-refractivity contribution in [3.05, 3.63) is 88.9 Å². The predicted octanol–water partition coefficient (Wildman–Crippen LogP) is 5.17. The summed E-state index contributed by atoms with van der Waals surface area (Å²) in [6.07, 6.45) is 1.96. The summed E-state index contributed by atoms with van der Waals surface area (Å²) in [7, 11) is 1.62. The number of rotatable bonds is 9. The van der Waals surface area contributed by atoms with E-state index in [1.54, 1.807) is 31.4 Å². The summed E-state index contributed by atoms with van der Waals surface area (Å²) >= 11 is 6.12. The molecule has 1 aliphatic rings. The smallest absolute Gasteiger partial charge is 0.261 e. The van der Waals surface area contributed by atoms with Crippen molar-refractivity contribution in [3.8, 4) is 11.5 Å². The van der Waals surface area contributed by atoms with Crippen LogP contribution in [0.5, 0.6) is 11.5 Å². The van der Waals surface area contributed by atoms with Crippen LogP contribution in [-0.2, 0) is 11.3 Å². The van der Waals surface area contributed by atoms with Gasteiger partial charge in [-0.25, -0.2) is 0 Å². The second-order valence-corrected chi connectivity index (χ2v) is 8.29. The van der Waals surface area contributed by atoms with Gasteiger partial charge in [-0.05, 0) is 60.9 Å². The molecule has 1 saturated carbocycles. The molecule has 4 rings (SSSR count). The predicted molar refractivity (Wildman–Crippen MR) is 128 cm³/mol. The highest BCUT2D eigenvalue weighted by Gasteiger charge is 2.33. The maximum Gasteiger partial charge on any atom is 0.261 e. The molecule has 1 aliphatic carbocycles. The first-order chi connectivity index (χ1) is 16.0. The molecule has 1 fully saturated rings. The lowest BCUT2D eigenvalue weighted by Crippen LogP contribution is -2.36. The molecule has 0 heterocycles. The van der Waals surface area contributed by atoms with Crippen LogP contribution < -0.4 is 14.8 Å². The molecule has 0 atom stereocenters. The standard InChI is InChI=1S/C26H25ClN2O4/c1-32-22-12-7-18(8-13-22)16-29(21-10-11-21)25(30)17-33-24-14-9-19(27)15-23(24)26(31)28-20-5-3-2-4-6-20/h2-9,12-15,21H,10-11,16-17H2,1H3,(H,28,31). The molecule has 0 spiro atoms. The van der Waals surface area contributed by atoms with E-state index in [9.17, 15) is 9.59 Å². The SMILES string of the molecule is COc1ccc(CN(C(=O)COc2ccc(Cl)cc2C(=O)Nc2ccccc2)C2CC2)cc1. The Morgan fingerprint density at radius 2 is 1.76 bits per heavy atom. The first-order valence-corrected chi connectivity index (χ1v) is 11.1. The van der Waals surface area contributed by atoms with Crippen molar-refractivity contribution in [2.45, 2.75) is 25.4 Å². The molecule has 7 heteroatoms. The van der Waals surface area contributed by atoms with Crippen LogP contribution in [0.15, 0.2) is 72.8 Å². The summed E-state index contributed by atoms with van der Waals surface area (Å²) in [5.41, 5.74) is 1.95.